The number of anilines is 1. The fraction of sp³-hybridized carbons (Fsp3) is 0.238. The minimum absolute atomic E-state index is 0.0884. The molecule has 0 aliphatic heterocycles. The zero-order chi connectivity index (χ0) is 17.7. The van der Waals surface area contributed by atoms with Crippen molar-refractivity contribution in [1.29, 1.82) is 0 Å². The SMILES string of the molecule is CC(=O)Nc1ccc(C=CC(=O)NC2(c3ccccc3)CCC2)cc1. The molecule has 1 aliphatic rings. The van der Waals surface area contributed by atoms with Gasteiger partial charge in [-0.3, -0.25) is 9.59 Å². The van der Waals surface area contributed by atoms with Gasteiger partial charge in [-0.15, -0.1) is 0 Å². The van der Waals surface area contributed by atoms with Crippen LogP contribution in [0, 0.1) is 0 Å². The van der Waals surface area contributed by atoms with Crippen LogP contribution in [-0.2, 0) is 15.1 Å². The van der Waals surface area contributed by atoms with E-state index in [0.717, 1.165) is 30.5 Å². The lowest BCUT2D eigenvalue weighted by atomic mass is 9.72. The molecule has 128 valence electrons. The van der Waals surface area contributed by atoms with Crippen LogP contribution in [0.5, 0.6) is 0 Å². The maximum Gasteiger partial charge on any atom is 0.244 e. The highest BCUT2D eigenvalue weighted by Crippen LogP contribution is 2.41. The second-order valence-electron chi connectivity index (χ2n) is 6.43. The summed E-state index contributed by atoms with van der Waals surface area (Å²) in [5.41, 5.74) is 2.60. The lowest BCUT2D eigenvalue weighted by molar-refractivity contribution is -0.119. The van der Waals surface area contributed by atoms with Crippen molar-refractivity contribution in [2.45, 2.75) is 31.7 Å². The molecule has 1 aliphatic carbocycles. The van der Waals surface area contributed by atoms with Crippen LogP contribution in [0.3, 0.4) is 0 Å². The van der Waals surface area contributed by atoms with Gasteiger partial charge in [-0.05, 0) is 48.6 Å². The number of nitrogens with one attached hydrogen (secondary N) is 2. The summed E-state index contributed by atoms with van der Waals surface area (Å²) in [7, 11) is 0. The van der Waals surface area contributed by atoms with Crippen LogP contribution in [0.15, 0.2) is 60.7 Å². The zero-order valence-electron chi connectivity index (χ0n) is 14.3. The highest BCUT2D eigenvalue weighted by atomic mass is 16.2. The van der Waals surface area contributed by atoms with E-state index >= 15 is 0 Å². The molecule has 0 unspecified atom stereocenters. The third-order valence-corrected chi connectivity index (χ3v) is 4.55. The molecule has 2 aromatic rings. The highest BCUT2D eigenvalue weighted by molar-refractivity contribution is 5.92. The third-order valence-electron chi connectivity index (χ3n) is 4.55. The Balaban J connectivity index is 1.64. The summed E-state index contributed by atoms with van der Waals surface area (Å²) >= 11 is 0. The third kappa shape index (κ3) is 4.15. The summed E-state index contributed by atoms with van der Waals surface area (Å²) in [6, 6.07) is 17.5. The van der Waals surface area contributed by atoms with Gasteiger partial charge in [0.15, 0.2) is 0 Å². The van der Waals surface area contributed by atoms with Crippen molar-refractivity contribution < 1.29 is 9.59 Å². The van der Waals surface area contributed by atoms with E-state index in [1.54, 1.807) is 12.2 Å². The van der Waals surface area contributed by atoms with Crippen molar-refractivity contribution in [3.8, 4) is 0 Å². The molecule has 0 aromatic heterocycles. The maximum atomic E-state index is 12.4. The lowest BCUT2D eigenvalue weighted by Gasteiger charge is -2.42. The topological polar surface area (TPSA) is 58.2 Å². The van der Waals surface area contributed by atoms with Gasteiger partial charge in [0, 0.05) is 18.7 Å². The molecule has 4 nitrogen and oxygen atoms in total. The standard InChI is InChI=1S/C21H22N2O2/c1-16(24)22-19-11-8-17(9-12-19)10-13-20(25)23-21(14-5-15-21)18-6-3-2-4-7-18/h2-4,6-13H,5,14-15H2,1H3,(H,22,24)(H,23,25). The van der Waals surface area contributed by atoms with Gasteiger partial charge in [-0.2, -0.15) is 0 Å². The quantitative estimate of drug-likeness (QED) is 0.816. The summed E-state index contributed by atoms with van der Waals surface area (Å²) in [5.74, 6) is -0.191. The molecule has 25 heavy (non-hydrogen) atoms. The first-order chi connectivity index (χ1) is 12.1. The average Bonchev–Trinajstić information content (AvgIpc) is 2.58. The first-order valence-corrected chi connectivity index (χ1v) is 8.51. The molecular formula is C21H22N2O2. The van der Waals surface area contributed by atoms with Crippen LogP contribution in [-0.4, -0.2) is 11.8 Å². The Kier molecular flexibility index (Phi) is 4.98. The Morgan fingerprint density at radius 2 is 1.68 bits per heavy atom. The number of carbonyl (C=O) groups is 2. The van der Waals surface area contributed by atoms with Crippen molar-refractivity contribution in [2.24, 2.45) is 0 Å². The van der Waals surface area contributed by atoms with Gasteiger partial charge in [-0.1, -0.05) is 42.5 Å². The monoisotopic (exact) mass is 334 g/mol. The molecule has 0 atom stereocenters. The van der Waals surface area contributed by atoms with Gasteiger partial charge in [0.1, 0.15) is 0 Å². The van der Waals surface area contributed by atoms with Crippen LogP contribution in [0.1, 0.15) is 37.3 Å². The Hall–Kier alpha value is -2.88. The van der Waals surface area contributed by atoms with Crippen LogP contribution < -0.4 is 10.6 Å². The molecule has 0 saturated heterocycles. The average molecular weight is 334 g/mol. The second-order valence-corrected chi connectivity index (χ2v) is 6.43. The van der Waals surface area contributed by atoms with Crippen LogP contribution in [0.25, 0.3) is 6.08 Å². The summed E-state index contributed by atoms with van der Waals surface area (Å²) in [6.07, 6.45) is 6.42. The minimum atomic E-state index is -0.224. The van der Waals surface area contributed by atoms with Gasteiger partial charge < -0.3 is 10.6 Å². The fourth-order valence-corrected chi connectivity index (χ4v) is 3.10. The molecule has 1 saturated carbocycles. The maximum absolute atomic E-state index is 12.4. The highest BCUT2D eigenvalue weighted by Gasteiger charge is 2.39. The van der Waals surface area contributed by atoms with Crippen LogP contribution in [0.2, 0.25) is 0 Å². The van der Waals surface area contributed by atoms with E-state index in [0.29, 0.717) is 0 Å². The molecule has 0 radical (unpaired) electrons. The van der Waals surface area contributed by atoms with E-state index in [9.17, 15) is 9.59 Å². The van der Waals surface area contributed by atoms with E-state index < -0.39 is 0 Å². The number of amides is 2. The van der Waals surface area contributed by atoms with E-state index in [-0.39, 0.29) is 17.4 Å². The smallest absolute Gasteiger partial charge is 0.244 e. The summed E-state index contributed by atoms with van der Waals surface area (Å²) in [6.45, 7) is 1.47. The first kappa shape index (κ1) is 17.0. The lowest BCUT2D eigenvalue weighted by Crippen LogP contribution is -2.50. The number of benzene rings is 2. The Bertz CT molecular complexity index is 775. The van der Waals surface area contributed by atoms with Crippen molar-refractivity contribution in [3.05, 3.63) is 71.8 Å². The summed E-state index contributed by atoms with van der Waals surface area (Å²) in [5, 5.41) is 5.89. The van der Waals surface area contributed by atoms with Gasteiger partial charge in [-0.25, -0.2) is 0 Å². The van der Waals surface area contributed by atoms with Gasteiger partial charge in [0.2, 0.25) is 11.8 Å². The largest absolute Gasteiger partial charge is 0.343 e. The Labute approximate surface area is 148 Å². The predicted octanol–water partition coefficient (Wildman–Crippen LogP) is 3.85. The number of hydrogen-bond donors (Lipinski definition) is 2. The summed E-state index contributed by atoms with van der Waals surface area (Å²) < 4.78 is 0. The molecule has 4 heteroatoms. The minimum Gasteiger partial charge on any atom is -0.343 e. The molecule has 0 bridgehead atoms. The predicted molar refractivity (Wildman–Crippen MR) is 99.9 cm³/mol. The van der Waals surface area contributed by atoms with E-state index in [2.05, 4.69) is 22.8 Å². The van der Waals surface area contributed by atoms with Crippen molar-refractivity contribution in [3.63, 3.8) is 0 Å². The molecule has 2 N–H and O–H groups in total. The van der Waals surface area contributed by atoms with Crippen LogP contribution >= 0.6 is 0 Å². The molecule has 2 aromatic carbocycles. The van der Waals surface area contributed by atoms with E-state index in [4.69, 9.17) is 0 Å². The first-order valence-electron chi connectivity index (χ1n) is 8.51. The summed E-state index contributed by atoms with van der Waals surface area (Å²) in [4.78, 5) is 23.4. The fourth-order valence-electron chi connectivity index (χ4n) is 3.10. The number of carbonyl (C=O) groups excluding carboxylic acids is 2. The molecule has 0 spiro atoms. The molecule has 2 amide bonds. The number of rotatable bonds is 5. The molecule has 0 heterocycles. The molecule has 1 fully saturated rings. The molecule has 3 rings (SSSR count). The van der Waals surface area contributed by atoms with Crippen molar-refractivity contribution in [1.82, 2.24) is 5.32 Å². The van der Waals surface area contributed by atoms with Crippen molar-refractivity contribution in [2.75, 3.05) is 5.32 Å². The van der Waals surface area contributed by atoms with E-state index in [1.807, 2.05) is 42.5 Å². The second kappa shape index (κ2) is 7.34. The van der Waals surface area contributed by atoms with Gasteiger partial charge in [0.05, 0.1) is 5.54 Å². The van der Waals surface area contributed by atoms with Gasteiger partial charge in [0.25, 0.3) is 0 Å². The Morgan fingerprint density at radius 3 is 2.24 bits per heavy atom. The van der Waals surface area contributed by atoms with Crippen molar-refractivity contribution >= 4 is 23.6 Å². The van der Waals surface area contributed by atoms with E-state index in [1.165, 1.54) is 12.5 Å². The Morgan fingerprint density at radius 1 is 1.00 bits per heavy atom. The van der Waals surface area contributed by atoms with Crippen LogP contribution in [0.4, 0.5) is 5.69 Å². The zero-order valence-corrected chi connectivity index (χ0v) is 14.3. The normalized spacial score (nSPS) is 15.4. The molecular weight excluding hydrogens is 312 g/mol. The number of hydrogen-bond acceptors (Lipinski definition) is 2. The van der Waals surface area contributed by atoms with Gasteiger partial charge >= 0.3 is 0 Å².